The third-order valence-electron chi connectivity index (χ3n) is 4.54. The van der Waals surface area contributed by atoms with Gasteiger partial charge in [-0.25, -0.2) is 4.79 Å². The Labute approximate surface area is 162 Å². The van der Waals surface area contributed by atoms with Crippen molar-refractivity contribution < 1.29 is 23.9 Å². The minimum atomic E-state index is -0.579. The summed E-state index contributed by atoms with van der Waals surface area (Å²) in [5.74, 6) is 0.179. The molecule has 1 aliphatic rings. The zero-order chi connectivity index (χ0) is 19.9. The van der Waals surface area contributed by atoms with Gasteiger partial charge in [-0.15, -0.1) is 0 Å². The van der Waals surface area contributed by atoms with E-state index in [1.165, 1.54) is 6.07 Å². The molecule has 0 spiro atoms. The maximum Gasteiger partial charge on any atom is 0.338 e. The Morgan fingerprint density at radius 3 is 2.54 bits per heavy atom. The normalized spacial score (nSPS) is 13.8. The van der Waals surface area contributed by atoms with Crippen LogP contribution >= 0.6 is 0 Å². The molecular weight excluding hydrogens is 364 g/mol. The number of nitro benzene ring substituents is 1. The van der Waals surface area contributed by atoms with Gasteiger partial charge in [0.15, 0.2) is 0 Å². The molecule has 0 saturated carbocycles. The van der Waals surface area contributed by atoms with Gasteiger partial charge in [0.2, 0.25) is 0 Å². The summed E-state index contributed by atoms with van der Waals surface area (Å²) in [7, 11) is 1.60. The molecule has 1 aliphatic heterocycles. The maximum absolute atomic E-state index is 12.3. The molecule has 1 saturated heterocycles. The molecule has 2 aromatic carbocycles. The van der Waals surface area contributed by atoms with Crippen LogP contribution in [0.3, 0.4) is 0 Å². The van der Waals surface area contributed by atoms with E-state index in [4.69, 9.17) is 14.2 Å². The molecular formula is C20H22N2O6. The minimum Gasteiger partial charge on any atom is -0.497 e. The van der Waals surface area contributed by atoms with Gasteiger partial charge >= 0.3 is 5.97 Å². The molecule has 1 fully saturated rings. The van der Waals surface area contributed by atoms with Gasteiger partial charge in [0.05, 0.1) is 37.4 Å². The fraction of sp³-hybridized carbons (Fsp3) is 0.350. The SMILES string of the molecule is COc1ccc(CCOC(=O)c2ccc(N3CCOCC3)c([N+](=O)[O-])c2)cc1. The average Bonchev–Trinajstić information content (AvgIpc) is 2.74. The maximum atomic E-state index is 12.3. The number of nitro groups is 1. The summed E-state index contributed by atoms with van der Waals surface area (Å²) in [6.07, 6.45) is 0.545. The molecule has 8 nitrogen and oxygen atoms in total. The second-order valence-electron chi connectivity index (χ2n) is 6.29. The molecule has 0 N–H and O–H groups in total. The first-order valence-electron chi connectivity index (χ1n) is 8.99. The predicted octanol–water partition coefficient (Wildman–Crippen LogP) is 2.84. The van der Waals surface area contributed by atoms with Crippen molar-refractivity contribution in [2.75, 3.05) is 44.9 Å². The van der Waals surface area contributed by atoms with Crippen molar-refractivity contribution in [3.8, 4) is 5.75 Å². The second-order valence-corrected chi connectivity index (χ2v) is 6.29. The van der Waals surface area contributed by atoms with E-state index in [1.54, 1.807) is 19.2 Å². The second kappa shape index (κ2) is 9.18. The lowest BCUT2D eigenvalue weighted by Crippen LogP contribution is -2.36. The molecule has 0 atom stereocenters. The molecule has 148 valence electrons. The molecule has 8 heteroatoms. The van der Waals surface area contributed by atoms with Crippen LogP contribution in [0.25, 0.3) is 0 Å². The van der Waals surface area contributed by atoms with Crippen LogP contribution in [0.15, 0.2) is 42.5 Å². The molecule has 0 bridgehead atoms. The number of benzene rings is 2. The fourth-order valence-electron chi connectivity index (χ4n) is 3.01. The van der Waals surface area contributed by atoms with Crippen LogP contribution in [0, 0.1) is 10.1 Å². The van der Waals surface area contributed by atoms with Gasteiger partial charge in [-0.05, 0) is 29.8 Å². The van der Waals surface area contributed by atoms with Gasteiger partial charge in [-0.2, -0.15) is 0 Å². The molecule has 0 radical (unpaired) electrons. The standard InChI is InChI=1S/C20H22N2O6/c1-26-17-5-2-15(3-6-17)8-11-28-20(23)16-4-7-18(19(14-16)22(24)25)21-9-12-27-13-10-21/h2-7,14H,8-13H2,1H3. The van der Waals surface area contributed by atoms with Crippen molar-refractivity contribution in [1.29, 1.82) is 0 Å². The van der Waals surface area contributed by atoms with Crippen molar-refractivity contribution in [2.45, 2.75) is 6.42 Å². The molecule has 0 amide bonds. The van der Waals surface area contributed by atoms with Crippen LogP contribution in [0.4, 0.5) is 11.4 Å². The van der Waals surface area contributed by atoms with E-state index in [0.717, 1.165) is 11.3 Å². The van der Waals surface area contributed by atoms with E-state index < -0.39 is 10.9 Å². The number of ether oxygens (including phenoxy) is 3. The average molecular weight is 386 g/mol. The molecule has 3 rings (SSSR count). The van der Waals surface area contributed by atoms with Crippen molar-refractivity contribution >= 4 is 17.3 Å². The van der Waals surface area contributed by atoms with Crippen LogP contribution in [-0.4, -0.2) is 50.9 Å². The number of hydrogen-bond acceptors (Lipinski definition) is 7. The third kappa shape index (κ3) is 4.77. The van der Waals surface area contributed by atoms with Crippen molar-refractivity contribution in [2.24, 2.45) is 0 Å². The Kier molecular flexibility index (Phi) is 6.44. The predicted molar refractivity (Wildman–Crippen MR) is 103 cm³/mol. The highest BCUT2D eigenvalue weighted by atomic mass is 16.6. The summed E-state index contributed by atoms with van der Waals surface area (Å²) in [6.45, 7) is 2.38. The Bertz CT molecular complexity index is 831. The van der Waals surface area contributed by atoms with Gasteiger partial charge in [-0.1, -0.05) is 12.1 Å². The highest BCUT2D eigenvalue weighted by Crippen LogP contribution is 2.30. The van der Waals surface area contributed by atoms with Crippen LogP contribution in [0.5, 0.6) is 5.75 Å². The smallest absolute Gasteiger partial charge is 0.338 e. The Morgan fingerprint density at radius 2 is 1.89 bits per heavy atom. The van der Waals surface area contributed by atoms with Crippen LogP contribution in [-0.2, 0) is 15.9 Å². The number of carbonyl (C=O) groups excluding carboxylic acids is 1. The van der Waals surface area contributed by atoms with Crippen LogP contribution in [0.1, 0.15) is 15.9 Å². The minimum absolute atomic E-state index is 0.105. The highest BCUT2D eigenvalue weighted by molar-refractivity contribution is 5.91. The van der Waals surface area contributed by atoms with Crippen LogP contribution in [0.2, 0.25) is 0 Å². The topological polar surface area (TPSA) is 91.1 Å². The molecule has 2 aromatic rings. The number of hydrogen-bond donors (Lipinski definition) is 0. The van der Waals surface area contributed by atoms with Crippen molar-refractivity contribution in [1.82, 2.24) is 0 Å². The van der Waals surface area contributed by atoms with Gasteiger partial charge in [0.25, 0.3) is 5.69 Å². The first kappa shape index (κ1) is 19.6. The molecule has 0 aromatic heterocycles. The number of morpholine rings is 1. The quantitative estimate of drug-likeness (QED) is 0.410. The molecule has 1 heterocycles. The Balaban J connectivity index is 1.63. The number of anilines is 1. The monoisotopic (exact) mass is 386 g/mol. The molecule has 28 heavy (non-hydrogen) atoms. The van der Waals surface area contributed by atoms with Gasteiger partial charge in [0, 0.05) is 25.6 Å². The number of rotatable bonds is 7. The molecule has 0 aliphatic carbocycles. The number of methoxy groups -OCH3 is 1. The van der Waals surface area contributed by atoms with E-state index in [1.807, 2.05) is 29.2 Å². The lowest BCUT2D eigenvalue weighted by molar-refractivity contribution is -0.384. The van der Waals surface area contributed by atoms with Crippen LogP contribution < -0.4 is 9.64 Å². The zero-order valence-corrected chi connectivity index (χ0v) is 15.6. The van der Waals surface area contributed by atoms with Gasteiger partial charge in [0.1, 0.15) is 11.4 Å². The van der Waals surface area contributed by atoms with E-state index >= 15 is 0 Å². The number of carbonyl (C=O) groups is 1. The van der Waals surface area contributed by atoms with Crippen molar-refractivity contribution in [3.05, 3.63) is 63.7 Å². The summed E-state index contributed by atoms with van der Waals surface area (Å²) in [4.78, 5) is 25.2. The number of nitrogens with zero attached hydrogens (tertiary/aromatic N) is 2. The zero-order valence-electron chi connectivity index (χ0n) is 15.6. The largest absolute Gasteiger partial charge is 0.497 e. The third-order valence-corrected chi connectivity index (χ3v) is 4.54. The lowest BCUT2D eigenvalue weighted by Gasteiger charge is -2.28. The van der Waals surface area contributed by atoms with Gasteiger partial charge < -0.3 is 19.1 Å². The molecule has 0 unspecified atom stereocenters. The van der Waals surface area contributed by atoms with E-state index in [2.05, 4.69) is 0 Å². The summed E-state index contributed by atoms with van der Waals surface area (Å²) in [5.41, 5.74) is 1.55. The van der Waals surface area contributed by atoms with E-state index in [9.17, 15) is 14.9 Å². The van der Waals surface area contributed by atoms with E-state index in [-0.39, 0.29) is 17.9 Å². The Morgan fingerprint density at radius 1 is 1.18 bits per heavy atom. The summed E-state index contributed by atoms with van der Waals surface area (Å²) in [5, 5.41) is 11.5. The summed E-state index contributed by atoms with van der Waals surface area (Å²) >= 11 is 0. The Hall–Kier alpha value is -3.13. The summed E-state index contributed by atoms with van der Waals surface area (Å²) in [6, 6.07) is 11.9. The number of esters is 1. The fourth-order valence-corrected chi connectivity index (χ4v) is 3.01. The highest BCUT2D eigenvalue weighted by Gasteiger charge is 2.23. The summed E-state index contributed by atoms with van der Waals surface area (Å²) < 4.78 is 15.7. The van der Waals surface area contributed by atoms with Crippen molar-refractivity contribution in [3.63, 3.8) is 0 Å². The first-order chi connectivity index (χ1) is 13.6. The van der Waals surface area contributed by atoms with Gasteiger partial charge in [-0.3, -0.25) is 10.1 Å². The van der Waals surface area contributed by atoms with E-state index in [0.29, 0.717) is 38.4 Å². The first-order valence-corrected chi connectivity index (χ1v) is 8.99. The lowest BCUT2D eigenvalue weighted by atomic mass is 10.1.